The van der Waals surface area contributed by atoms with Gasteiger partial charge >= 0.3 is 0 Å². The quantitative estimate of drug-likeness (QED) is 0.882. The molecule has 3 aliphatic carbocycles. The van der Waals surface area contributed by atoms with Crippen LogP contribution >= 0.6 is 0 Å². The molecule has 0 radical (unpaired) electrons. The van der Waals surface area contributed by atoms with Gasteiger partial charge in [0.15, 0.2) is 0 Å². The Balaban J connectivity index is 1.43. The molecule has 2 saturated carbocycles. The topological polar surface area (TPSA) is 55.1 Å². The van der Waals surface area contributed by atoms with Gasteiger partial charge in [-0.15, -0.1) is 0 Å². The lowest BCUT2D eigenvalue weighted by molar-refractivity contribution is -0.123. The Morgan fingerprint density at radius 2 is 2.15 bits per heavy atom. The number of benzene rings is 1. The number of carbonyl (C=O) groups is 1. The monoisotopic (exact) mass is 270 g/mol. The molecule has 1 amide bonds. The van der Waals surface area contributed by atoms with Gasteiger partial charge in [0.2, 0.25) is 5.91 Å². The Bertz CT molecular complexity index is 550. The summed E-state index contributed by atoms with van der Waals surface area (Å²) in [4.78, 5) is 12.4. The van der Waals surface area contributed by atoms with Gasteiger partial charge in [-0.1, -0.05) is 24.3 Å². The Morgan fingerprint density at radius 1 is 1.35 bits per heavy atom. The minimum Gasteiger partial charge on any atom is -0.354 e. The lowest BCUT2D eigenvalue weighted by Gasteiger charge is -2.38. The van der Waals surface area contributed by atoms with E-state index in [-0.39, 0.29) is 17.4 Å². The summed E-state index contributed by atoms with van der Waals surface area (Å²) < 4.78 is 0. The lowest BCUT2D eigenvalue weighted by atomic mass is 9.78. The standard InChI is InChI=1S/C17H22N2O/c18-17(8-3-9-17)10-19-16(20)15-13-7-6-11-4-1-2-5-12(11)14(13)15/h1-2,4-5,13-15H,3,6-10,18H2,(H,19,20). The van der Waals surface area contributed by atoms with Crippen molar-refractivity contribution in [1.29, 1.82) is 0 Å². The van der Waals surface area contributed by atoms with Crippen LogP contribution in [0.2, 0.25) is 0 Å². The Hall–Kier alpha value is -1.35. The fraction of sp³-hybridized carbons (Fsp3) is 0.588. The lowest BCUT2D eigenvalue weighted by Crippen LogP contribution is -2.55. The Morgan fingerprint density at radius 3 is 2.90 bits per heavy atom. The van der Waals surface area contributed by atoms with Crippen LogP contribution in [0.25, 0.3) is 0 Å². The molecule has 3 heteroatoms. The van der Waals surface area contributed by atoms with E-state index < -0.39 is 0 Å². The van der Waals surface area contributed by atoms with Crippen molar-refractivity contribution in [3.8, 4) is 0 Å². The van der Waals surface area contributed by atoms with E-state index >= 15 is 0 Å². The first kappa shape index (κ1) is 12.4. The first-order valence-electron chi connectivity index (χ1n) is 7.82. The first-order chi connectivity index (χ1) is 9.68. The zero-order chi connectivity index (χ0) is 13.7. The maximum absolute atomic E-state index is 12.4. The Kier molecular flexibility index (Phi) is 2.68. The summed E-state index contributed by atoms with van der Waals surface area (Å²) in [6, 6.07) is 8.61. The number of aryl methyl sites for hydroxylation is 1. The van der Waals surface area contributed by atoms with E-state index in [1.165, 1.54) is 17.5 Å². The molecule has 20 heavy (non-hydrogen) atoms. The van der Waals surface area contributed by atoms with Gasteiger partial charge in [0.25, 0.3) is 0 Å². The van der Waals surface area contributed by atoms with Crippen molar-refractivity contribution in [3.63, 3.8) is 0 Å². The number of fused-ring (bicyclic) bond motifs is 3. The van der Waals surface area contributed by atoms with Crippen LogP contribution in [0.4, 0.5) is 0 Å². The molecule has 1 aromatic carbocycles. The molecule has 3 unspecified atom stereocenters. The smallest absolute Gasteiger partial charge is 0.224 e. The van der Waals surface area contributed by atoms with Crippen LogP contribution in [0.3, 0.4) is 0 Å². The number of hydrogen-bond acceptors (Lipinski definition) is 2. The second-order valence-corrected chi connectivity index (χ2v) is 6.89. The van der Waals surface area contributed by atoms with Gasteiger partial charge in [-0.2, -0.15) is 0 Å². The van der Waals surface area contributed by atoms with Crippen LogP contribution in [-0.4, -0.2) is 18.0 Å². The van der Waals surface area contributed by atoms with Crippen LogP contribution in [0.1, 0.15) is 42.7 Å². The zero-order valence-corrected chi connectivity index (χ0v) is 11.8. The summed E-state index contributed by atoms with van der Waals surface area (Å²) in [6.07, 6.45) is 5.59. The molecule has 0 heterocycles. The van der Waals surface area contributed by atoms with Crippen molar-refractivity contribution in [2.45, 2.75) is 43.6 Å². The summed E-state index contributed by atoms with van der Waals surface area (Å²) in [5.41, 5.74) is 8.92. The average Bonchev–Trinajstić information content (AvgIpc) is 3.17. The molecule has 106 valence electrons. The average molecular weight is 270 g/mol. The number of nitrogens with two attached hydrogens (primary N) is 1. The van der Waals surface area contributed by atoms with E-state index in [1.807, 2.05) is 0 Å². The van der Waals surface area contributed by atoms with Gasteiger partial charge in [0.1, 0.15) is 0 Å². The third-order valence-corrected chi connectivity index (χ3v) is 5.60. The van der Waals surface area contributed by atoms with Gasteiger partial charge in [-0.25, -0.2) is 0 Å². The van der Waals surface area contributed by atoms with Gasteiger partial charge in [-0.3, -0.25) is 4.79 Å². The highest BCUT2D eigenvalue weighted by Gasteiger charge is 2.57. The molecule has 0 aliphatic heterocycles. The summed E-state index contributed by atoms with van der Waals surface area (Å²) in [5.74, 6) is 1.46. The van der Waals surface area contributed by atoms with Crippen molar-refractivity contribution in [2.75, 3.05) is 6.54 Å². The van der Waals surface area contributed by atoms with Crippen molar-refractivity contribution >= 4 is 5.91 Å². The number of amides is 1. The second-order valence-electron chi connectivity index (χ2n) is 6.89. The molecule has 0 bridgehead atoms. The number of carbonyl (C=O) groups excluding carboxylic acids is 1. The van der Waals surface area contributed by atoms with Gasteiger partial charge in [0, 0.05) is 18.0 Å². The molecule has 2 fully saturated rings. The molecule has 1 aromatic rings. The maximum Gasteiger partial charge on any atom is 0.224 e. The third kappa shape index (κ3) is 1.87. The molecule has 3 N–H and O–H groups in total. The number of nitrogens with one attached hydrogen (secondary N) is 1. The van der Waals surface area contributed by atoms with Crippen LogP contribution in [0.15, 0.2) is 24.3 Å². The predicted octanol–water partition coefficient (Wildman–Crippen LogP) is 1.96. The molecule has 3 nitrogen and oxygen atoms in total. The molecule has 0 spiro atoms. The van der Waals surface area contributed by atoms with E-state index in [9.17, 15) is 4.79 Å². The summed E-state index contributed by atoms with van der Waals surface area (Å²) >= 11 is 0. The zero-order valence-electron chi connectivity index (χ0n) is 11.8. The summed E-state index contributed by atoms with van der Waals surface area (Å²) in [5, 5.41) is 3.11. The van der Waals surface area contributed by atoms with E-state index in [0.717, 1.165) is 25.7 Å². The molecular formula is C17H22N2O. The van der Waals surface area contributed by atoms with Gasteiger partial charge < -0.3 is 11.1 Å². The molecule has 4 rings (SSSR count). The van der Waals surface area contributed by atoms with E-state index in [4.69, 9.17) is 5.73 Å². The maximum atomic E-state index is 12.4. The molecule has 3 aliphatic rings. The first-order valence-corrected chi connectivity index (χ1v) is 7.82. The second kappa shape index (κ2) is 4.32. The highest BCUT2D eigenvalue weighted by molar-refractivity contribution is 5.84. The molecule has 0 saturated heterocycles. The molecular weight excluding hydrogens is 248 g/mol. The van der Waals surface area contributed by atoms with Crippen molar-refractivity contribution in [1.82, 2.24) is 5.32 Å². The van der Waals surface area contributed by atoms with Gasteiger partial charge in [0.05, 0.1) is 0 Å². The summed E-state index contributed by atoms with van der Waals surface area (Å²) in [7, 11) is 0. The predicted molar refractivity (Wildman–Crippen MR) is 78.3 cm³/mol. The minimum absolute atomic E-state index is 0.117. The van der Waals surface area contributed by atoms with E-state index in [2.05, 4.69) is 29.6 Å². The third-order valence-electron chi connectivity index (χ3n) is 5.60. The fourth-order valence-electron chi connectivity index (χ4n) is 4.11. The van der Waals surface area contributed by atoms with Crippen molar-refractivity contribution < 1.29 is 4.79 Å². The van der Waals surface area contributed by atoms with Crippen molar-refractivity contribution in [2.24, 2.45) is 17.6 Å². The fourth-order valence-corrected chi connectivity index (χ4v) is 4.11. The normalized spacial score (nSPS) is 32.5. The van der Waals surface area contributed by atoms with Crippen LogP contribution < -0.4 is 11.1 Å². The Labute approximate surface area is 119 Å². The van der Waals surface area contributed by atoms with Crippen LogP contribution in [0, 0.1) is 11.8 Å². The largest absolute Gasteiger partial charge is 0.354 e. The number of hydrogen-bond donors (Lipinski definition) is 2. The highest BCUT2D eigenvalue weighted by Crippen LogP contribution is 2.59. The van der Waals surface area contributed by atoms with E-state index in [0.29, 0.717) is 18.4 Å². The number of rotatable bonds is 3. The minimum atomic E-state index is -0.117. The van der Waals surface area contributed by atoms with Gasteiger partial charge in [-0.05, 0) is 55.1 Å². The van der Waals surface area contributed by atoms with Crippen molar-refractivity contribution in [3.05, 3.63) is 35.4 Å². The highest BCUT2D eigenvalue weighted by atomic mass is 16.2. The van der Waals surface area contributed by atoms with Crippen LogP contribution in [0.5, 0.6) is 0 Å². The molecule has 0 aromatic heterocycles. The summed E-state index contributed by atoms with van der Waals surface area (Å²) in [6.45, 7) is 0.656. The van der Waals surface area contributed by atoms with E-state index in [1.54, 1.807) is 0 Å². The molecule has 3 atom stereocenters. The van der Waals surface area contributed by atoms with Crippen LogP contribution in [-0.2, 0) is 11.2 Å². The SMILES string of the molecule is NC1(CNC(=O)C2C3CCc4ccccc4C32)CCC1.